The number of methoxy groups -OCH3 is 2. The number of rotatable bonds is 5. The third-order valence-electron chi connectivity index (χ3n) is 3.78. The van der Waals surface area contributed by atoms with Gasteiger partial charge in [-0.1, -0.05) is 0 Å². The molecule has 1 aromatic rings. The topological polar surface area (TPSA) is 77.5 Å². The maximum absolute atomic E-state index is 14.3. The lowest BCUT2D eigenvalue weighted by molar-refractivity contribution is -0.134. The van der Waals surface area contributed by atoms with Gasteiger partial charge < -0.3 is 9.47 Å². The summed E-state index contributed by atoms with van der Waals surface area (Å²) >= 11 is 0. The van der Waals surface area contributed by atoms with Crippen molar-refractivity contribution in [1.29, 1.82) is 0 Å². The highest BCUT2D eigenvalue weighted by Gasteiger charge is 2.31. The largest absolute Gasteiger partial charge is 0.356 e. The highest BCUT2D eigenvalue weighted by molar-refractivity contribution is 6.00. The number of hydrogen-bond donors (Lipinski definition) is 1. The molecule has 2 amide bonds. The van der Waals surface area contributed by atoms with Crippen LogP contribution in [0.2, 0.25) is 0 Å². The summed E-state index contributed by atoms with van der Waals surface area (Å²) in [6.07, 6.45) is 0.333. The van der Waals surface area contributed by atoms with Gasteiger partial charge in [0, 0.05) is 32.8 Å². The van der Waals surface area contributed by atoms with Crippen LogP contribution >= 0.6 is 0 Å². The first-order valence-corrected chi connectivity index (χ1v) is 7.01. The Morgan fingerprint density at radius 2 is 2.09 bits per heavy atom. The summed E-state index contributed by atoms with van der Waals surface area (Å²) < 4.78 is 24.5. The molecule has 1 aliphatic heterocycles. The molecular formula is C15H19FN2O4. The molecule has 1 N–H and O–H groups in total. The van der Waals surface area contributed by atoms with E-state index >= 15 is 0 Å². The SMILES string of the molecule is COC(Cc1cc(F)c(C2CCC(=O)NC2=O)nc1C)OC. The van der Waals surface area contributed by atoms with Crippen LogP contribution in [0.4, 0.5) is 4.39 Å². The van der Waals surface area contributed by atoms with Crippen molar-refractivity contribution in [2.24, 2.45) is 0 Å². The van der Waals surface area contributed by atoms with Crippen molar-refractivity contribution in [3.8, 4) is 0 Å². The molecule has 0 bridgehead atoms. The summed E-state index contributed by atoms with van der Waals surface area (Å²) in [5, 5.41) is 2.22. The van der Waals surface area contributed by atoms with Crippen LogP contribution < -0.4 is 5.32 Å². The first kappa shape index (κ1) is 16.5. The molecule has 0 spiro atoms. The van der Waals surface area contributed by atoms with Crippen LogP contribution in [-0.4, -0.2) is 37.3 Å². The molecule has 120 valence electrons. The van der Waals surface area contributed by atoms with Gasteiger partial charge in [0.1, 0.15) is 5.82 Å². The Balaban J connectivity index is 2.26. The molecule has 0 saturated carbocycles. The number of carbonyl (C=O) groups excluding carboxylic acids is 2. The van der Waals surface area contributed by atoms with E-state index in [2.05, 4.69) is 10.3 Å². The Bertz CT molecular complexity index is 587. The minimum Gasteiger partial charge on any atom is -0.356 e. The number of nitrogens with one attached hydrogen (secondary N) is 1. The van der Waals surface area contributed by atoms with E-state index in [4.69, 9.17) is 9.47 Å². The van der Waals surface area contributed by atoms with Gasteiger partial charge in [-0.3, -0.25) is 19.9 Å². The maximum atomic E-state index is 14.3. The first-order chi connectivity index (χ1) is 10.5. The Kier molecular flexibility index (Phi) is 5.20. The third-order valence-corrected chi connectivity index (χ3v) is 3.78. The van der Waals surface area contributed by atoms with Crippen LogP contribution in [0.5, 0.6) is 0 Å². The van der Waals surface area contributed by atoms with Gasteiger partial charge in [-0.15, -0.1) is 0 Å². The number of piperidine rings is 1. The quantitative estimate of drug-likeness (QED) is 0.653. The Morgan fingerprint density at radius 1 is 1.41 bits per heavy atom. The van der Waals surface area contributed by atoms with Crippen molar-refractivity contribution in [3.63, 3.8) is 0 Å². The van der Waals surface area contributed by atoms with Crippen molar-refractivity contribution in [3.05, 3.63) is 28.8 Å². The van der Waals surface area contributed by atoms with E-state index < -0.39 is 23.9 Å². The zero-order valence-electron chi connectivity index (χ0n) is 12.8. The second kappa shape index (κ2) is 6.93. The second-order valence-corrected chi connectivity index (χ2v) is 5.21. The molecule has 0 aliphatic carbocycles. The van der Waals surface area contributed by atoms with E-state index in [0.29, 0.717) is 17.7 Å². The van der Waals surface area contributed by atoms with E-state index in [1.54, 1.807) is 6.92 Å². The molecule has 2 heterocycles. The van der Waals surface area contributed by atoms with Crippen LogP contribution in [0.1, 0.15) is 35.7 Å². The van der Waals surface area contributed by atoms with E-state index in [9.17, 15) is 14.0 Å². The van der Waals surface area contributed by atoms with Crippen molar-refractivity contribution in [2.45, 2.75) is 38.4 Å². The summed E-state index contributed by atoms with van der Waals surface area (Å²) in [6, 6.07) is 1.35. The average Bonchev–Trinajstić information content (AvgIpc) is 2.48. The monoisotopic (exact) mass is 310 g/mol. The number of ether oxygens (including phenoxy) is 2. The summed E-state index contributed by atoms with van der Waals surface area (Å²) in [4.78, 5) is 27.3. The van der Waals surface area contributed by atoms with Crippen LogP contribution in [0.25, 0.3) is 0 Å². The van der Waals surface area contributed by atoms with Crippen LogP contribution in [-0.2, 0) is 25.5 Å². The van der Waals surface area contributed by atoms with Crippen LogP contribution in [0.15, 0.2) is 6.07 Å². The zero-order valence-corrected chi connectivity index (χ0v) is 12.8. The fourth-order valence-corrected chi connectivity index (χ4v) is 2.49. The molecule has 1 aromatic heterocycles. The number of aromatic nitrogens is 1. The van der Waals surface area contributed by atoms with Gasteiger partial charge in [0.2, 0.25) is 11.8 Å². The Hall–Kier alpha value is -1.86. The van der Waals surface area contributed by atoms with Crippen molar-refractivity contribution >= 4 is 11.8 Å². The average molecular weight is 310 g/mol. The predicted octanol–water partition coefficient (Wildman–Crippen LogP) is 1.21. The second-order valence-electron chi connectivity index (χ2n) is 5.21. The van der Waals surface area contributed by atoms with Gasteiger partial charge in [0.15, 0.2) is 6.29 Å². The molecule has 1 fully saturated rings. The molecule has 2 rings (SSSR count). The molecule has 1 aliphatic rings. The number of imide groups is 1. The minimum absolute atomic E-state index is 0.0811. The van der Waals surface area contributed by atoms with E-state index in [-0.39, 0.29) is 24.4 Å². The highest BCUT2D eigenvalue weighted by Crippen LogP contribution is 2.27. The van der Waals surface area contributed by atoms with Gasteiger partial charge in [0.25, 0.3) is 0 Å². The molecule has 22 heavy (non-hydrogen) atoms. The van der Waals surface area contributed by atoms with E-state index in [1.807, 2.05) is 0 Å². The lowest BCUT2D eigenvalue weighted by Crippen LogP contribution is -2.40. The van der Waals surface area contributed by atoms with Crippen molar-refractivity contribution in [2.75, 3.05) is 14.2 Å². The summed E-state index contributed by atoms with van der Waals surface area (Å²) in [7, 11) is 3.01. The summed E-state index contributed by atoms with van der Waals surface area (Å²) in [5.74, 6) is -2.12. The molecule has 6 nitrogen and oxygen atoms in total. The highest BCUT2D eigenvalue weighted by atomic mass is 19.1. The van der Waals surface area contributed by atoms with E-state index in [1.165, 1.54) is 20.3 Å². The number of nitrogens with zero attached hydrogens (tertiary/aromatic N) is 1. The predicted molar refractivity (Wildman–Crippen MR) is 75.6 cm³/mol. The fraction of sp³-hybridized carbons (Fsp3) is 0.533. The molecule has 1 atom stereocenters. The molecule has 7 heteroatoms. The van der Waals surface area contributed by atoms with E-state index in [0.717, 1.165) is 0 Å². The molecule has 1 saturated heterocycles. The number of halogens is 1. The standard InChI is InChI=1S/C15H19FN2O4/c1-8-9(7-13(21-2)22-3)6-11(16)14(17-8)10-4-5-12(19)18-15(10)20/h6,10,13H,4-5,7H2,1-3H3,(H,18,19,20). The number of hydrogen-bond acceptors (Lipinski definition) is 5. The number of pyridine rings is 1. The lowest BCUT2D eigenvalue weighted by Gasteiger charge is -2.22. The van der Waals surface area contributed by atoms with Crippen LogP contribution in [0, 0.1) is 12.7 Å². The normalized spacial score (nSPS) is 18.7. The Morgan fingerprint density at radius 3 is 2.68 bits per heavy atom. The summed E-state index contributed by atoms with van der Waals surface area (Å²) in [5.41, 5.74) is 1.35. The van der Waals surface area contributed by atoms with Gasteiger partial charge in [-0.05, 0) is 25.0 Å². The molecule has 0 radical (unpaired) electrons. The van der Waals surface area contributed by atoms with Crippen LogP contribution in [0.3, 0.4) is 0 Å². The third kappa shape index (κ3) is 3.48. The first-order valence-electron chi connectivity index (χ1n) is 7.01. The lowest BCUT2D eigenvalue weighted by atomic mass is 9.93. The fourth-order valence-electron chi connectivity index (χ4n) is 2.49. The number of aryl methyl sites for hydroxylation is 1. The molecular weight excluding hydrogens is 291 g/mol. The minimum atomic E-state index is -0.730. The molecule has 1 unspecified atom stereocenters. The maximum Gasteiger partial charge on any atom is 0.235 e. The zero-order chi connectivity index (χ0) is 16.3. The Labute approximate surface area is 128 Å². The van der Waals surface area contributed by atoms with Gasteiger partial charge >= 0.3 is 0 Å². The van der Waals surface area contributed by atoms with Gasteiger partial charge in [0.05, 0.1) is 11.6 Å². The van der Waals surface area contributed by atoms with Gasteiger partial charge in [-0.25, -0.2) is 4.39 Å². The van der Waals surface area contributed by atoms with Crippen molar-refractivity contribution in [1.82, 2.24) is 10.3 Å². The molecule has 0 aromatic carbocycles. The van der Waals surface area contributed by atoms with Crippen molar-refractivity contribution < 1.29 is 23.5 Å². The van der Waals surface area contributed by atoms with Gasteiger partial charge in [-0.2, -0.15) is 0 Å². The number of carbonyl (C=O) groups is 2. The summed E-state index contributed by atoms with van der Waals surface area (Å²) in [6.45, 7) is 1.74. The number of amides is 2. The smallest absolute Gasteiger partial charge is 0.235 e.